The Kier molecular flexibility index (Phi) is 6.03. The minimum absolute atomic E-state index is 0.0917. The molecule has 29 heavy (non-hydrogen) atoms. The van der Waals surface area contributed by atoms with E-state index >= 15 is 0 Å². The fourth-order valence-electron chi connectivity index (χ4n) is 2.94. The van der Waals surface area contributed by atoms with Gasteiger partial charge in [-0.3, -0.25) is 19.7 Å². The van der Waals surface area contributed by atoms with E-state index in [1.54, 1.807) is 0 Å². The molecule has 148 valence electrons. The van der Waals surface area contributed by atoms with Gasteiger partial charge in [0.15, 0.2) is 0 Å². The third-order valence-electron chi connectivity index (χ3n) is 4.43. The Morgan fingerprint density at radius 3 is 2.48 bits per heavy atom. The molecule has 0 bridgehead atoms. The fraction of sp³-hybridized carbons (Fsp3) is 0.143. The number of phenols is 1. The van der Waals surface area contributed by atoms with Crippen LogP contribution in [-0.4, -0.2) is 28.4 Å². The van der Waals surface area contributed by atoms with E-state index in [0.717, 1.165) is 16.3 Å². The van der Waals surface area contributed by atoms with Crippen molar-refractivity contribution >= 4 is 28.3 Å². The Morgan fingerprint density at radius 2 is 1.69 bits per heavy atom. The predicted octanol–water partition coefficient (Wildman–Crippen LogP) is 2.43. The molecule has 0 heterocycles. The lowest BCUT2D eigenvalue weighted by molar-refractivity contribution is -0.384. The number of benzene rings is 3. The van der Waals surface area contributed by atoms with Crippen molar-refractivity contribution in [2.45, 2.75) is 13.0 Å². The number of nitro groups is 1. The van der Waals surface area contributed by atoms with Crippen LogP contribution in [0.5, 0.6) is 5.75 Å². The number of phenolic OH excluding ortho intramolecular Hbond substituents is 1. The van der Waals surface area contributed by atoms with Crippen LogP contribution in [0.3, 0.4) is 0 Å². The van der Waals surface area contributed by atoms with Crippen LogP contribution in [0.1, 0.15) is 11.1 Å². The molecule has 0 unspecified atom stereocenters. The van der Waals surface area contributed by atoms with Crippen LogP contribution in [0, 0.1) is 10.1 Å². The Bertz CT molecular complexity index is 1080. The molecule has 2 amide bonds. The second kappa shape index (κ2) is 8.83. The van der Waals surface area contributed by atoms with Crippen molar-refractivity contribution < 1.29 is 19.6 Å². The molecule has 3 aromatic rings. The molecule has 3 aromatic carbocycles. The van der Waals surface area contributed by atoms with Crippen molar-refractivity contribution in [3.05, 3.63) is 81.9 Å². The number of non-ortho nitro benzene ring substituents is 1. The zero-order valence-electron chi connectivity index (χ0n) is 15.4. The summed E-state index contributed by atoms with van der Waals surface area (Å²) in [6.45, 7) is -0.329. The van der Waals surface area contributed by atoms with Crippen molar-refractivity contribution in [3.8, 4) is 5.75 Å². The zero-order chi connectivity index (χ0) is 20.8. The Morgan fingerprint density at radius 1 is 0.931 bits per heavy atom. The molecule has 0 aliphatic rings. The maximum absolute atomic E-state index is 12.2. The summed E-state index contributed by atoms with van der Waals surface area (Å²) in [7, 11) is 0. The van der Waals surface area contributed by atoms with E-state index in [2.05, 4.69) is 10.6 Å². The van der Waals surface area contributed by atoms with E-state index in [9.17, 15) is 24.8 Å². The monoisotopic (exact) mass is 393 g/mol. The highest BCUT2D eigenvalue weighted by molar-refractivity contribution is 5.91. The van der Waals surface area contributed by atoms with E-state index in [-0.39, 0.29) is 42.4 Å². The molecule has 0 atom stereocenters. The number of nitrogens with one attached hydrogen (secondary N) is 2. The highest BCUT2D eigenvalue weighted by Gasteiger charge is 2.12. The third kappa shape index (κ3) is 5.07. The van der Waals surface area contributed by atoms with Crippen LogP contribution in [0.2, 0.25) is 0 Å². The number of rotatable bonds is 7. The number of amides is 2. The van der Waals surface area contributed by atoms with Crippen molar-refractivity contribution in [3.63, 3.8) is 0 Å². The molecule has 8 nitrogen and oxygen atoms in total. The topological polar surface area (TPSA) is 122 Å². The number of fused-ring (bicyclic) bond motifs is 1. The number of aromatic hydroxyl groups is 1. The quantitative estimate of drug-likeness (QED) is 0.420. The van der Waals surface area contributed by atoms with E-state index in [1.807, 2.05) is 42.5 Å². The molecule has 3 N–H and O–H groups in total. The van der Waals surface area contributed by atoms with Crippen molar-refractivity contribution in [1.29, 1.82) is 0 Å². The van der Waals surface area contributed by atoms with E-state index in [1.165, 1.54) is 18.2 Å². The summed E-state index contributed by atoms with van der Waals surface area (Å²) in [4.78, 5) is 34.4. The number of nitrogens with zero attached hydrogens (tertiary/aromatic N) is 1. The van der Waals surface area contributed by atoms with Crippen molar-refractivity contribution in [2.75, 3.05) is 6.54 Å². The van der Waals surface area contributed by atoms with Gasteiger partial charge in [0.2, 0.25) is 11.8 Å². The molecular weight excluding hydrogens is 374 g/mol. The number of carbonyl (C=O) groups is 2. The Hall–Kier alpha value is -3.94. The molecule has 8 heteroatoms. The minimum atomic E-state index is -0.585. The van der Waals surface area contributed by atoms with Crippen LogP contribution in [-0.2, 0) is 22.6 Å². The summed E-state index contributed by atoms with van der Waals surface area (Å²) >= 11 is 0. The molecule has 0 aliphatic carbocycles. The Balaban J connectivity index is 1.52. The number of nitro benzene ring substituents is 1. The van der Waals surface area contributed by atoms with Gasteiger partial charge in [-0.25, -0.2) is 0 Å². The van der Waals surface area contributed by atoms with Crippen molar-refractivity contribution in [1.82, 2.24) is 10.6 Å². The molecule has 0 saturated heterocycles. The SMILES string of the molecule is O=C(CNC(=O)Cc1cccc2ccccc12)NCc1cc([N+](=O)[O-])ccc1O. The van der Waals surface area contributed by atoms with E-state index in [0.29, 0.717) is 0 Å². The molecule has 0 spiro atoms. The lowest BCUT2D eigenvalue weighted by atomic mass is 10.0. The molecule has 0 aliphatic heterocycles. The number of hydrogen-bond acceptors (Lipinski definition) is 5. The largest absolute Gasteiger partial charge is 0.508 e. The molecule has 3 rings (SSSR count). The van der Waals surface area contributed by atoms with Crippen LogP contribution in [0.25, 0.3) is 10.8 Å². The lowest BCUT2D eigenvalue weighted by Gasteiger charge is -2.09. The van der Waals surface area contributed by atoms with Gasteiger partial charge < -0.3 is 15.7 Å². The van der Waals surface area contributed by atoms with Crippen LogP contribution in [0.4, 0.5) is 5.69 Å². The molecular formula is C21H19N3O5. The highest BCUT2D eigenvalue weighted by Crippen LogP contribution is 2.22. The maximum Gasteiger partial charge on any atom is 0.270 e. The average molecular weight is 393 g/mol. The second-order valence-electron chi connectivity index (χ2n) is 6.44. The molecule has 0 fully saturated rings. The van der Waals surface area contributed by atoms with Gasteiger partial charge >= 0.3 is 0 Å². The van der Waals surface area contributed by atoms with Crippen LogP contribution < -0.4 is 10.6 Å². The highest BCUT2D eigenvalue weighted by atomic mass is 16.6. The Labute approximate surface area is 166 Å². The third-order valence-corrected chi connectivity index (χ3v) is 4.43. The standard InChI is InChI=1S/C21H19N3O5/c25-19-9-8-17(24(28)29)10-16(19)12-22-21(27)13-23-20(26)11-15-6-3-5-14-4-1-2-7-18(14)15/h1-10,25H,11-13H2,(H,22,27)(H,23,26). The molecule has 0 radical (unpaired) electrons. The van der Waals surface area contributed by atoms with E-state index in [4.69, 9.17) is 0 Å². The van der Waals surface area contributed by atoms with Gasteiger partial charge in [-0.2, -0.15) is 0 Å². The van der Waals surface area contributed by atoms with Gasteiger partial charge in [0, 0.05) is 24.2 Å². The van der Waals surface area contributed by atoms with Gasteiger partial charge in [0.05, 0.1) is 17.9 Å². The van der Waals surface area contributed by atoms with Crippen molar-refractivity contribution in [2.24, 2.45) is 0 Å². The van der Waals surface area contributed by atoms with Gasteiger partial charge in [-0.15, -0.1) is 0 Å². The maximum atomic E-state index is 12.2. The first-order valence-electron chi connectivity index (χ1n) is 8.90. The van der Waals surface area contributed by atoms with Gasteiger partial charge in [0.1, 0.15) is 5.75 Å². The first-order chi connectivity index (χ1) is 13.9. The predicted molar refractivity (Wildman–Crippen MR) is 107 cm³/mol. The summed E-state index contributed by atoms with van der Waals surface area (Å²) < 4.78 is 0. The second-order valence-corrected chi connectivity index (χ2v) is 6.44. The van der Waals surface area contributed by atoms with Gasteiger partial charge in [-0.05, 0) is 22.4 Å². The number of carbonyl (C=O) groups excluding carboxylic acids is 2. The summed E-state index contributed by atoms with van der Waals surface area (Å²) in [5, 5.41) is 27.6. The van der Waals surface area contributed by atoms with Crippen LogP contribution >= 0.6 is 0 Å². The number of hydrogen-bond donors (Lipinski definition) is 3. The summed E-state index contributed by atoms with van der Waals surface area (Å²) in [6, 6.07) is 17.0. The fourth-order valence-corrected chi connectivity index (χ4v) is 2.94. The summed E-state index contributed by atoms with van der Waals surface area (Å²) in [6.07, 6.45) is 0.139. The normalized spacial score (nSPS) is 10.5. The van der Waals surface area contributed by atoms with E-state index < -0.39 is 10.8 Å². The summed E-state index contributed by atoms with van der Waals surface area (Å²) in [5.74, 6) is -0.923. The molecule has 0 saturated carbocycles. The van der Waals surface area contributed by atoms with Crippen LogP contribution in [0.15, 0.2) is 60.7 Å². The minimum Gasteiger partial charge on any atom is -0.508 e. The smallest absolute Gasteiger partial charge is 0.270 e. The molecule has 0 aromatic heterocycles. The first kappa shape index (κ1) is 19.8. The lowest BCUT2D eigenvalue weighted by Crippen LogP contribution is -2.37. The summed E-state index contributed by atoms with van der Waals surface area (Å²) in [5.41, 5.74) is 0.896. The van der Waals surface area contributed by atoms with Gasteiger partial charge in [0.25, 0.3) is 5.69 Å². The average Bonchev–Trinajstić information content (AvgIpc) is 2.71. The van der Waals surface area contributed by atoms with Gasteiger partial charge in [-0.1, -0.05) is 42.5 Å². The zero-order valence-corrected chi connectivity index (χ0v) is 15.4. The first-order valence-corrected chi connectivity index (χ1v) is 8.90.